The van der Waals surface area contributed by atoms with Crippen LogP contribution in [0, 0.1) is 11.7 Å². The Morgan fingerprint density at radius 1 is 1.14 bits per heavy atom. The molecule has 2 fully saturated rings. The summed E-state index contributed by atoms with van der Waals surface area (Å²) < 4.78 is 53.9. The van der Waals surface area contributed by atoms with E-state index in [1.807, 2.05) is 0 Å². The van der Waals surface area contributed by atoms with Gasteiger partial charge in [-0.05, 0) is 48.6 Å². The maximum atomic E-state index is 14.4. The Bertz CT molecular complexity index is 973. The number of nitrogens with zero attached hydrogens (tertiary/aromatic N) is 1. The molecule has 4 nitrogen and oxygen atoms in total. The Kier molecular flexibility index (Phi) is 4.80. The van der Waals surface area contributed by atoms with Gasteiger partial charge in [0.2, 0.25) is 11.8 Å². The van der Waals surface area contributed by atoms with E-state index in [2.05, 4.69) is 5.32 Å². The first-order chi connectivity index (χ1) is 13.8. The van der Waals surface area contributed by atoms with Gasteiger partial charge in [0.05, 0.1) is 11.3 Å². The van der Waals surface area contributed by atoms with E-state index in [1.54, 1.807) is 0 Å². The zero-order chi connectivity index (χ0) is 20.8. The SMILES string of the molecule is O=C(Nc1ccc(N2CCCC2=O)c(F)c1)C1CC1c1ccccc1C(F)(F)F. The molecule has 1 N–H and O–H groups in total. The van der Waals surface area contributed by atoms with Crippen molar-refractivity contribution in [1.29, 1.82) is 0 Å². The fourth-order valence-corrected chi connectivity index (χ4v) is 3.85. The molecule has 2 amide bonds. The summed E-state index contributed by atoms with van der Waals surface area (Å²) in [5, 5.41) is 2.57. The van der Waals surface area contributed by atoms with Crippen molar-refractivity contribution in [2.45, 2.75) is 31.4 Å². The lowest BCUT2D eigenvalue weighted by molar-refractivity contribution is -0.138. The average molecular weight is 406 g/mol. The number of hydrogen-bond donors (Lipinski definition) is 1. The highest BCUT2D eigenvalue weighted by atomic mass is 19.4. The van der Waals surface area contributed by atoms with Crippen LogP contribution >= 0.6 is 0 Å². The molecule has 1 aliphatic carbocycles. The molecule has 2 aromatic carbocycles. The number of nitrogens with one attached hydrogen (secondary N) is 1. The van der Waals surface area contributed by atoms with Crippen molar-refractivity contribution in [2.24, 2.45) is 5.92 Å². The summed E-state index contributed by atoms with van der Waals surface area (Å²) in [6.07, 6.45) is -3.13. The lowest BCUT2D eigenvalue weighted by Gasteiger charge is -2.17. The van der Waals surface area contributed by atoms with E-state index >= 15 is 0 Å². The van der Waals surface area contributed by atoms with Crippen LogP contribution in [-0.4, -0.2) is 18.4 Å². The number of rotatable bonds is 4. The minimum atomic E-state index is -4.48. The molecule has 1 saturated carbocycles. The Balaban J connectivity index is 1.45. The van der Waals surface area contributed by atoms with Gasteiger partial charge in [-0.3, -0.25) is 9.59 Å². The topological polar surface area (TPSA) is 49.4 Å². The van der Waals surface area contributed by atoms with Crippen LogP contribution in [0.25, 0.3) is 0 Å². The Hall–Kier alpha value is -2.90. The fraction of sp³-hybridized carbons (Fsp3) is 0.333. The van der Waals surface area contributed by atoms with E-state index < -0.39 is 35.3 Å². The van der Waals surface area contributed by atoms with E-state index in [0.29, 0.717) is 25.8 Å². The molecule has 0 spiro atoms. The summed E-state index contributed by atoms with van der Waals surface area (Å²) in [6.45, 7) is 0.448. The van der Waals surface area contributed by atoms with Crippen LogP contribution in [0.2, 0.25) is 0 Å². The van der Waals surface area contributed by atoms with E-state index in [4.69, 9.17) is 0 Å². The number of amides is 2. The summed E-state index contributed by atoms with van der Waals surface area (Å²) in [6, 6.07) is 9.28. The predicted octanol–water partition coefficient (Wildman–Crippen LogP) is 4.71. The van der Waals surface area contributed by atoms with Crippen LogP contribution in [0.5, 0.6) is 0 Å². The standard InChI is InChI=1S/C21H18F4N2O2/c22-17-10-12(7-8-18(17)27-9-3-6-19(27)28)26-20(29)15-11-14(15)13-4-1-2-5-16(13)21(23,24)25/h1-2,4-5,7-8,10,14-15H,3,6,9,11H2,(H,26,29). The highest BCUT2D eigenvalue weighted by molar-refractivity contribution is 5.97. The minimum absolute atomic E-state index is 0.106. The molecule has 1 saturated heterocycles. The second kappa shape index (κ2) is 7.17. The summed E-state index contributed by atoms with van der Waals surface area (Å²) in [4.78, 5) is 25.6. The molecule has 0 radical (unpaired) electrons. The highest BCUT2D eigenvalue weighted by Gasteiger charge is 2.47. The van der Waals surface area contributed by atoms with Crippen molar-refractivity contribution in [3.8, 4) is 0 Å². The molecular formula is C21H18F4N2O2. The zero-order valence-electron chi connectivity index (χ0n) is 15.3. The molecule has 2 aromatic rings. The molecule has 4 rings (SSSR count). The number of anilines is 2. The normalized spacial score (nSPS) is 21.4. The van der Waals surface area contributed by atoms with E-state index in [1.165, 1.54) is 35.2 Å². The van der Waals surface area contributed by atoms with Gasteiger partial charge in [-0.2, -0.15) is 13.2 Å². The van der Waals surface area contributed by atoms with Gasteiger partial charge in [0.25, 0.3) is 0 Å². The van der Waals surface area contributed by atoms with Crippen molar-refractivity contribution >= 4 is 23.2 Å². The highest BCUT2D eigenvalue weighted by Crippen LogP contribution is 2.51. The van der Waals surface area contributed by atoms with Crippen molar-refractivity contribution in [3.63, 3.8) is 0 Å². The van der Waals surface area contributed by atoms with Crippen LogP contribution in [0.1, 0.15) is 36.3 Å². The van der Waals surface area contributed by atoms with Gasteiger partial charge in [-0.1, -0.05) is 18.2 Å². The number of carbonyl (C=O) groups excluding carboxylic acids is 2. The van der Waals surface area contributed by atoms with Gasteiger partial charge < -0.3 is 10.2 Å². The fourth-order valence-electron chi connectivity index (χ4n) is 3.85. The quantitative estimate of drug-likeness (QED) is 0.748. The Morgan fingerprint density at radius 2 is 1.90 bits per heavy atom. The third-order valence-corrected chi connectivity index (χ3v) is 5.37. The maximum Gasteiger partial charge on any atom is 0.416 e. The second-order valence-electron chi connectivity index (χ2n) is 7.34. The van der Waals surface area contributed by atoms with E-state index in [-0.39, 0.29) is 22.8 Å². The summed E-state index contributed by atoms with van der Waals surface area (Å²) in [5.41, 5.74) is -0.258. The largest absolute Gasteiger partial charge is 0.416 e. The van der Waals surface area contributed by atoms with Gasteiger partial charge in [-0.15, -0.1) is 0 Å². The molecule has 2 atom stereocenters. The first kappa shape index (κ1) is 19.4. The Morgan fingerprint density at radius 3 is 2.55 bits per heavy atom. The average Bonchev–Trinajstić information content (AvgIpc) is 3.36. The first-order valence-corrected chi connectivity index (χ1v) is 9.32. The monoisotopic (exact) mass is 406 g/mol. The lowest BCUT2D eigenvalue weighted by Crippen LogP contribution is -2.24. The number of benzene rings is 2. The number of halogens is 4. The number of hydrogen-bond acceptors (Lipinski definition) is 2. The minimum Gasteiger partial charge on any atom is -0.326 e. The smallest absolute Gasteiger partial charge is 0.326 e. The molecule has 1 heterocycles. The van der Waals surface area contributed by atoms with Crippen LogP contribution in [0.3, 0.4) is 0 Å². The van der Waals surface area contributed by atoms with Crippen LogP contribution in [-0.2, 0) is 15.8 Å². The molecule has 0 bridgehead atoms. The van der Waals surface area contributed by atoms with Crippen molar-refractivity contribution in [2.75, 3.05) is 16.8 Å². The van der Waals surface area contributed by atoms with Gasteiger partial charge >= 0.3 is 6.18 Å². The molecule has 8 heteroatoms. The van der Waals surface area contributed by atoms with Crippen LogP contribution < -0.4 is 10.2 Å². The van der Waals surface area contributed by atoms with Crippen molar-refractivity contribution in [3.05, 3.63) is 59.4 Å². The van der Waals surface area contributed by atoms with Crippen molar-refractivity contribution < 1.29 is 27.2 Å². The molecule has 1 aliphatic heterocycles. The van der Waals surface area contributed by atoms with Gasteiger partial charge in [-0.25, -0.2) is 4.39 Å². The van der Waals surface area contributed by atoms with Gasteiger partial charge in [0, 0.05) is 24.6 Å². The molecule has 2 unspecified atom stereocenters. The van der Waals surface area contributed by atoms with Crippen molar-refractivity contribution in [1.82, 2.24) is 0 Å². The Labute approximate surface area is 164 Å². The second-order valence-corrected chi connectivity index (χ2v) is 7.34. The van der Waals surface area contributed by atoms with Gasteiger partial charge in [0.15, 0.2) is 0 Å². The third kappa shape index (κ3) is 3.83. The molecule has 29 heavy (non-hydrogen) atoms. The predicted molar refractivity (Wildman–Crippen MR) is 98.9 cm³/mol. The van der Waals surface area contributed by atoms with Crippen LogP contribution in [0.15, 0.2) is 42.5 Å². The zero-order valence-corrected chi connectivity index (χ0v) is 15.3. The summed E-state index contributed by atoms with van der Waals surface area (Å²) in [7, 11) is 0. The molecule has 152 valence electrons. The molecule has 2 aliphatic rings. The van der Waals surface area contributed by atoms with Gasteiger partial charge in [0.1, 0.15) is 5.82 Å². The lowest BCUT2D eigenvalue weighted by atomic mass is 10.0. The summed E-state index contributed by atoms with van der Waals surface area (Å²) >= 11 is 0. The van der Waals surface area contributed by atoms with E-state index in [0.717, 1.165) is 12.1 Å². The molecular weight excluding hydrogens is 388 g/mol. The van der Waals surface area contributed by atoms with E-state index in [9.17, 15) is 27.2 Å². The van der Waals surface area contributed by atoms with Crippen LogP contribution in [0.4, 0.5) is 28.9 Å². The number of alkyl halides is 3. The number of carbonyl (C=O) groups is 2. The maximum absolute atomic E-state index is 14.4. The third-order valence-electron chi connectivity index (χ3n) is 5.37. The summed E-state index contributed by atoms with van der Waals surface area (Å²) in [5.74, 6) is -2.34. The first-order valence-electron chi connectivity index (χ1n) is 9.32. The molecule has 0 aromatic heterocycles.